The molecule has 2 rings (SSSR count). The molecule has 0 spiro atoms. The number of phenols is 1. The van der Waals surface area contributed by atoms with E-state index in [-0.39, 0.29) is 5.75 Å². The highest BCUT2D eigenvalue weighted by Gasteiger charge is 2.07. The second-order valence-electron chi connectivity index (χ2n) is 3.59. The molecule has 2 aromatic rings. The van der Waals surface area contributed by atoms with Crippen LogP contribution in [0.3, 0.4) is 0 Å². The molecule has 0 radical (unpaired) electrons. The van der Waals surface area contributed by atoms with Gasteiger partial charge in [-0.1, -0.05) is 24.3 Å². The van der Waals surface area contributed by atoms with Crippen LogP contribution in [0.1, 0.15) is 5.56 Å². The number of hydrogen-bond donors (Lipinski definition) is 2. The van der Waals surface area contributed by atoms with Gasteiger partial charge in [-0.2, -0.15) is 8.42 Å². The van der Waals surface area contributed by atoms with Crippen molar-refractivity contribution in [2.24, 2.45) is 0 Å². The lowest BCUT2D eigenvalue weighted by Crippen LogP contribution is -2.01. The SMILES string of the molecule is O=S(=O)(O)Cc1ccc2cc(O)ccc2c1. The minimum atomic E-state index is -4.00. The minimum absolute atomic E-state index is 0.162. The van der Waals surface area contributed by atoms with Crippen molar-refractivity contribution < 1.29 is 18.1 Å². The lowest BCUT2D eigenvalue weighted by atomic mass is 10.1. The highest BCUT2D eigenvalue weighted by molar-refractivity contribution is 7.85. The van der Waals surface area contributed by atoms with Gasteiger partial charge in [-0.15, -0.1) is 0 Å². The van der Waals surface area contributed by atoms with Crippen LogP contribution in [0.5, 0.6) is 5.75 Å². The van der Waals surface area contributed by atoms with Crippen molar-refractivity contribution in [1.29, 1.82) is 0 Å². The molecule has 0 saturated carbocycles. The Morgan fingerprint density at radius 3 is 2.31 bits per heavy atom. The van der Waals surface area contributed by atoms with Crippen molar-refractivity contribution in [3.63, 3.8) is 0 Å². The maximum atomic E-state index is 10.7. The van der Waals surface area contributed by atoms with E-state index in [1.807, 2.05) is 0 Å². The molecule has 0 saturated heterocycles. The molecule has 2 aromatic carbocycles. The van der Waals surface area contributed by atoms with Gasteiger partial charge in [-0.05, 0) is 28.5 Å². The highest BCUT2D eigenvalue weighted by atomic mass is 32.2. The quantitative estimate of drug-likeness (QED) is 0.784. The lowest BCUT2D eigenvalue weighted by Gasteiger charge is -2.02. The Labute approximate surface area is 92.9 Å². The van der Waals surface area contributed by atoms with Gasteiger partial charge < -0.3 is 5.11 Å². The van der Waals surface area contributed by atoms with Gasteiger partial charge in [-0.3, -0.25) is 4.55 Å². The van der Waals surface area contributed by atoms with E-state index in [1.165, 1.54) is 6.07 Å². The Kier molecular flexibility index (Phi) is 2.57. The summed E-state index contributed by atoms with van der Waals surface area (Å²) >= 11 is 0. The first-order valence-corrected chi connectivity index (χ1v) is 6.22. The zero-order valence-electron chi connectivity index (χ0n) is 8.29. The normalized spacial score (nSPS) is 11.8. The van der Waals surface area contributed by atoms with Crippen LogP contribution in [0.2, 0.25) is 0 Å². The summed E-state index contributed by atoms with van der Waals surface area (Å²) in [4.78, 5) is 0. The average Bonchev–Trinajstić information content (AvgIpc) is 2.16. The number of rotatable bonds is 2. The Morgan fingerprint density at radius 1 is 1.00 bits per heavy atom. The number of fused-ring (bicyclic) bond motifs is 1. The predicted molar refractivity (Wildman–Crippen MR) is 60.9 cm³/mol. The Balaban J connectivity index is 2.49. The monoisotopic (exact) mass is 238 g/mol. The van der Waals surface area contributed by atoms with Gasteiger partial charge >= 0.3 is 0 Å². The second kappa shape index (κ2) is 3.77. The third kappa shape index (κ3) is 2.50. The van der Waals surface area contributed by atoms with Crippen molar-refractivity contribution in [2.75, 3.05) is 0 Å². The Hall–Kier alpha value is -1.59. The molecule has 4 nitrogen and oxygen atoms in total. The van der Waals surface area contributed by atoms with Crippen LogP contribution in [-0.2, 0) is 15.9 Å². The van der Waals surface area contributed by atoms with Gasteiger partial charge in [0, 0.05) is 0 Å². The molecule has 0 amide bonds. The molecule has 0 aliphatic heterocycles. The first-order valence-electron chi connectivity index (χ1n) is 4.61. The van der Waals surface area contributed by atoms with E-state index in [0.717, 1.165) is 10.8 Å². The van der Waals surface area contributed by atoms with Gasteiger partial charge in [0.2, 0.25) is 0 Å². The van der Waals surface area contributed by atoms with E-state index in [0.29, 0.717) is 5.56 Å². The molecule has 0 heterocycles. The van der Waals surface area contributed by atoms with E-state index < -0.39 is 15.9 Å². The van der Waals surface area contributed by atoms with Crippen LogP contribution in [-0.4, -0.2) is 18.1 Å². The fraction of sp³-hybridized carbons (Fsp3) is 0.0909. The molecule has 0 aromatic heterocycles. The smallest absolute Gasteiger partial charge is 0.269 e. The average molecular weight is 238 g/mol. The molecule has 16 heavy (non-hydrogen) atoms. The summed E-state index contributed by atoms with van der Waals surface area (Å²) in [5.74, 6) is -0.237. The molecule has 2 N–H and O–H groups in total. The van der Waals surface area contributed by atoms with Crippen LogP contribution in [0.25, 0.3) is 10.8 Å². The van der Waals surface area contributed by atoms with Gasteiger partial charge in [0.1, 0.15) is 11.5 Å². The van der Waals surface area contributed by atoms with Gasteiger partial charge in [0.25, 0.3) is 10.1 Å². The Bertz CT molecular complexity index is 631. The molecular weight excluding hydrogens is 228 g/mol. The summed E-state index contributed by atoms with van der Waals surface area (Å²) in [5, 5.41) is 10.9. The zero-order valence-corrected chi connectivity index (χ0v) is 9.11. The van der Waals surface area contributed by atoms with Crippen LogP contribution in [0, 0.1) is 0 Å². The van der Waals surface area contributed by atoms with E-state index in [9.17, 15) is 13.5 Å². The topological polar surface area (TPSA) is 74.6 Å². The van der Waals surface area contributed by atoms with E-state index in [1.54, 1.807) is 30.3 Å². The van der Waals surface area contributed by atoms with Crippen molar-refractivity contribution in [3.05, 3.63) is 42.0 Å². The molecule has 0 aliphatic rings. The number of phenolic OH excluding ortho intramolecular Hbond substituents is 1. The summed E-state index contributed by atoms with van der Waals surface area (Å²) in [6, 6.07) is 9.79. The molecule has 0 bridgehead atoms. The van der Waals surface area contributed by atoms with Crippen molar-refractivity contribution in [3.8, 4) is 5.75 Å². The molecule has 0 aliphatic carbocycles. The fourth-order valence-corrected chi connectivity index (χ4v) is 2.18. The van der Waals surface area contributed by atoms with E-state index >= 15 is 0 Å². The van der Waals surface area contributed by atoms with Gasteiger partial charge in [-0.25, -0.2) is 0 Å². The molecule has 0 fully saturated rings. The van der Waals surface area contributed by atoms with Crippen LogP contribution < -0.4 is 0 Å². The maximum absolute atomic E-state index is 10.7. The Morgan fingerprint density at radius 2 is 1.62 bits per heavy atom. The number of benzene rings is 2. The van der Waals surface area contributed by atoms with Crippen LogP contribution in [0.15, 0.2) is 36.4 Å². The maximum Gasteiger partial charge on any atom is 0.269 e. The lowest BCUT2D eigenvalue weighted by molar-refractivity contribution is 0.476. The van der Waals surface area contributed by atoms with Crippen LogP contribution in [0.4, 0.5) is 0 Å². The van der Waals surface area contributed by atoms with Crippen molar-refractivity contribution in [2.45, 2.75) is 5.75 Å². The molecule has 0 atom stereocenters. The summed E-state index contributed by atoms with van der Waals surface area (Å²) in [5.41, 5.74) is 0.515. The summed E-state index contributed by atoms with van der Waals surface area (Å²) in [6.45, 7) is 0. The first-order chi connectivity index (χ1) is 7.44. The number of hydrogen-bond acceptors (Lipinski definition) is 3. The fourth-order valence-electron chi connectivity index (χ4n) is 1.58. The third-order valence-electron chi connectivity index (χ3n) is 2.24. The molecular formula is C11H10O4S. The second-order valence-corrected chi connectivity index (χ2v) is 5.04. The molecule has 84 valence electrons. The van der Waals surface area contributed by atoms with Crippen molar-refractivity contribution in [1.82, 2.24) is 0 Å². The van der Waals surface area contributed by atoms with Gasteiger partial charge in [0.15, 0.2) is 0 Å². The standard InChI is InChI=1S/C11H10O4S/c12-11-4-3-9-5-8(7-16(13,14)15)1-2-10(9)6-11/h1-6,12H,7H2,(H,13,14,15). The summed E-state index contributed by atoms with van der Waals surface area (Å²) in [7, 11) is -4.00. The van der Waals surface area contributed by atoms with E-state index in [4.69, 9.17) is 4.55 Å². The number of aromatic hydroxyl groups is 1. The zero-order chi connectivity index (χ0) is 11.8. The third-order valence-corrected chi connectivity index (χ3v) is 2.94. The summed E-state index contributed by atoms with van der Waals surface area (Å²) in [6.07, 6.45) is 0. The molecule has 0 unspecified atom stereocenters. The largest absolute Gasteiger partial charge is 0.508 e. The predicted octanol–water partition coefficient (Wildman–Crippen LogP) is 1.93. The summed E-state index contributed by atoms with van der Waals surface area (Å²) < 4.78 is 30.1. The minimum Gasteiger partial charge on any atom is -0.508 e. The highest BCUT2D eigenvalue weighted by Crippen LogP contribution is 2.21. The first kappa shape index (κ1) is 10.9. The molecule has 5 heteroatoms. The van der Waals surface area contributed by atoms with E-state index in [2.05, 4.69) is 0 Å². The van der Waals surface area contributed by atoms with Crippen LogP contribution >= 0.6 is 0 Å². The van der Waals surface area contributed by atoms with Gasteiger partial charge in [0.05, 0.1) is 0 Å². The van der Waals surface area contributed by atoms with Crippen molar-refractivity contribution >= 4 is 20.9 Å².